The van der Waals surface area contributed by atoms with Gasteiger partial charge in [-0.3, -0.25) is 4.79 Å². The fourth-order valence-electron chi connectivity index (χ4n) is 3.04. The van der Waals surface area contributed by atoms with Gasteiger partial charge in [0, 0.05) is 13.1 Å². The van der Waals surface area contributed by atoms with Crippen molar-refractivity contribution in [3.8, 4) is 0 Å². The molecule has 0 unspecified atom stereocenters. The Morgan fingerprint density at radius 1 is 1.32 bits per heavy atom. The number of carbonyl (C=O) groups excluding carboxylic acids is 1. The molecule has 1 saturated heterocycles. The molecule has 2 rings (SSSR count). The zero-order chi connectivity index (χ0) is 13.9. The largest absolute Gasteiger partial charge is 0.388 e. The van der Waals surface area contributed by atoms with Gasteiger partial charge in [-0.2, -0.15) is 0 Å². The number of amides is 1. The van der Waals surface area contributed by atoms with Crippen molar-refractivity contribution in [1.82, 2.24) is 10.6 Å². The molecule has 1 heterocycles. The molecule has 0 aromatic heterocycles. The Bertz CT molecular complexity index is 312. The Labute approximate surface area is 116 Å². The SMILES string of the molecule is CC1(C)CCC(O)(CNC(=O)[C@H]2CCCNC2)CC1. The smallest absolute Gasteiger partial charge is 0.224 e. The third-order valence-corrected chi connectivity index (χ3v) is 4.79. The van der Waals surface area contributed by atoms with Crippen LogP contribution in [0.1, 0.15) is 52.4 Å². The highest BCUT2D eigenvalue weighted by molar-refractivity contribution is 5.79. The highest BCUT2D eigenvalue weighted by Gasteiger charge is 2.37. The second-order valence-electron chi connectivity index (χ2n) is 7.15. The number of nitrogens with one attached hydrogen (secondary N) is 2. The summed E-state index contributed by atoms with van der Waals surface area (Å²) in [5.74, 6) is 0.183. The fraction of sp³-hybridized carbons (Fsp3) is 0.933. The number of hydrogen-bond donors (Lipinski definition) is 3. The van der Waals surface area contributed by atoms with E-state index in [-0.39, 0.29) is 11.8 Å². The van der Waals surface area contributed by atoms with Crippen molar-refractivity contribution >= 4 is 5.91 Å². The van der Waals surface area contributed by atoms with E-state index in [0.29, 0.717) is 12.0 Å². The van der Waals surface area contributed by atoms with Crippen molar-refractivity contribution in [2.75, 3.05) is 19.6 Å². The molecule has 3 N–H and O–H groups in total. The van der Waals surface area contributed by atoms with Crippen LogP contribution < -0.4 is 10.6 Å². The van der Waals surface area contributed by atoms with E-state index in [1.165, 1.54) is 0 Å². The summed E-state index contributed by atoms with van der Waals surface area (Å²) < 4.78 is 0. The Hall–Kier alpha value is -0.610. The van der Waals surface area contributed by atoms with Crippen molar-refractivity contribution in [3.63, 3.8) is 0 Å². The summed E-state index contributed by atoms with van der Waals surface area (Å²) in [5, 5.41) is 16.7. The quantitative estimate of drug-likeness (QED) is 0.726. The molecule has 2 aliphatic rings. The van der Waals surface area contributed by atoms with Gasteiger partial charge >= 0.3 is 0 Å². The van der Waals surface area contributed by atoms with E-state index in [1.54, 1.807) is 0 Å². The lowest BCUT2D eigenvalue weighted by Gasteiger charge is -2.40. The summed E-state index contributed by atoms with van der Waals surface area (Å²) in [5.41, 5.74) is -0.350. The van der Waals surface area contributed by atoms with Crippen molar-refractivity contribution in [3.05, 3.63) is 0 Å². The molecule has 2 fully saturated rings. The second-order valence-corrected chi connectivity index (χ2v) is 7.15. The summed E-state index contributed by atoms with van der Waals surface area (Å²) in [6.45, 7) is 6.70. The van der Waals surface area contributed by atoms with Gasteiger partial charge in [-0.25, -0.2) is 0 Å². The lowest BCUT2D eigenvalue weighted by atomic mass is 9.71. The van der Waals surface area contributed by atoms with Crippen LogP contribution in [0.2, 0.25) is 0 Å². The second kappa shape index (κ2) is 5.80. The molecule has 1 atom stereocenters. The minimum atomic E-state index is -0.687. The van der Waals surface area contributed by atoms with Crippen LogP contribution in [0.25, 0.3) is 0 Å². The number of piperidine rings is 1. The van der Waals surface area contributed by atoms with Crippen molar-refractivity contribution in [1.29, 1.82) is 0 Å². The van der Waals surface area contributed by atoms with Gasteiger partial charge in [-0.15, -0.1) is 0 Å². The molecule has 110 valence electrons. The van der Waals surface area contributed by atoms with Crippen LogP contribution in [0.3, 0.4) is 0 Å². The first-order valence-electron chi connectivity index (χ1n) is 7.61. The molecule has 4 heteroatoms. The highest BCUT2D eigenvalue weighted by atomic mass is 16.3. The van der Waals surface area contributed by atoms with E-state index in [0.717, 1.165) is 51.6 Å². The number of rotatable bonds is 3. The topological polar surface area (TPSA) is 61.4 Å². The van der Waals surface area contributed by atoms with Gasteiger partial charge in [-0.1, -0.05) is 13.8 Å². The fourth-order valence-corrected chi connectivity index (χ4v) is 3.04. The van der Waals surface area contributed by atoms with Crippen LogP contribution in [-0.4, -0.2) is 36.2 Å². The summed E-state index contributed by atoms with van der Waals surface area (Å²) in [7, 11) is 0. The average Bonchev–Trinajstić information content (AvgIpc) is 2.41. The lowest BCUT2D eigenvalue weighted by Crippen LogP contribution is -2.49. The number of carbonyl (C=O) groups is 1. The predicted molar refractivity (Wildman–Crippen MR) is 75.8 cm³/mol. The van der Waals surface area contributed by atoms with E-state index in [4.69, 9.17) is 0 Å². The van der Waals surface area contributed by atoms with Crippen LogP contribution in [0.4, 0.5) is 0 Å². The summed E-state index contributed by atoms with van der Waals surface area (Å²) in [6.07, 6.45) is 5.68. The minimum Gasteiger partial charge on any atom is -0.388 e. The Morgan fingerprint density at radius 3 is 2.58 bits per heavy atom. The van der Waals surface area contributed by atoms with Gasteiger partial charge in [0.05, 0.1) is 11.5 Å². The van der Waals surface area contributed by atoms with Crippen LogP contribution in [0.15, 0.2) is 0 Å². The molecule has 0 aromatic carbocycles. The Balaban J connectivity index is 1.76. The minimum absolute atomic E-state index is 0.0809. The van der Waals surface area contributed by atoms with Crippen molar-refractivity contribution < 1.29 is 9.90 Å². The van der Waals surface area contributed by atoms with Gasteiger partial charge in [0.2, 0.25) is 5.91 Å². The van der Waals surface area contributed by atoms with Gasteiger partial charge in [0.15, 0.2) is 0 Å². The molecule has 1 aliphatic heterocycles. The molecule has 0 spiro atoms. The third kappa shape index (κ3) is 4.18. The number of aliphatic hydroxyl groups is 1. The third-order valence-electron chi connectivity index (χ3n) is 4.79. The maximum absolute atomic E-state index is 12.0. The van der Waals surface area contributed by atoms with Crippen LogP contribution in [-0.2, 0) is 4.79 Å². The molecule has 1 aliphatic carbocycles. The van der Waals surface area contributed by atoms with E-state index in [9.17, 15) is 9.90 Å². The maximum atomic E-state index is 12.0. The van der Waals surface area contributed by atoms with Crippen LogP contribution in [0, 0.1) is 11.3 Å². The zero-order valence-corrected chi connectivity index (χ0v) is 12.3. The summed E-state index contributed by atoms with van der Waals surface area (Å²) in [6, 6.07) is 0. The first kappa shape index (κ1) is 14.8. The van der Waals surface area contributed by atoms with Crippen LogP contribution >= 0.6 is 0 Å². The molecule has 0 bridgehead atoms. The summed E-state index contributed by atoms with van der Waals surface area (Å²) in [4.78, 5) is 12.0. The first-order valence-corrected chi connectivity index (χ1v) is 7.61. The standard InChI is InChI=1S/C15H28N2O2/c1-14(2)5-7-15(19,8-6-14)11-17-13(18)12-4-3-9-16-10-12/h12,16,19H,3-11H2,1-2H3,(H,17,18)/t12-/m0/s1. The monoisotopic (exact) mass is 268 g/mol. The average molecular weight is 268 g/mol. The summed E-state index contributed by atoms with van der Waals surface area (Å²) >= 11 is 0. The predicted octanol–water partition coefficient (Wildman–Crippen LogP) is 1.43. The first-order chi connectivity index (χ1) is 8.90. The van der Waals surface area contributed by atoms with Gasteiger partial charge in [-0.05, 0) is 50.5 Å². The molecule has 0 radical (unpaired) electrons. The molecular formula is C15H28N2O2. The highest BCUT2D eigenvalue weighted by Crippen LogP contribution is 2.39. The molecule has 1 amide bonds. The Kier molecular flexibility index (Phi) is 4.51. The van der Waals surface area contributed by atoms with Crippen molar-refractivity contribution in [2.45, 2.75) is 58.0 Å². The van der Waals surface area contributed by atoms with E-state index in [1.807, 2.05) is 0 Å². The number of hydrogen-bond acceptors (Lipinski definition) is 3. The van der Waals surface area contributed by atoms with Gasteiger partial charge < -0.3 is 15.7 Å². The zero-order valence-electron chi connectivity index (χ0n) is 12.3. The van der Waals surface area contributed by atoms with E-state index in [2.05, 4.69) is 24.5 Å². The molecular weight excluding hydrogens is 240 g/mol. The van der Waals surface area contributed by atoms with Crippen molar-refractivity contribution in [2.24, 2.45) is 11.3 Å². The molecule has 0 aromatic rings. The molecule has 1 saturated carbocycles. The van der Waals surface area contributed by atoms with E-state index >= 15 is 0 Å². The maximum Gasteiger partial charge on any atom is 0.224 e. The molecule has 19 heavy (non-hydrogen) atoms. The normalized spacial score (nSPS) is 29.7. The van der Waals surface area contributed by atoms with E-state index < -0.39 is 5.60 Å². The molecule has 4 nitrogen and oxygen atoms in total. The lowest BCUT2D eigenvalue weighted by molar-refractivity contribution is -0.127. The van der Waals surface area contributed by atoms with Gasteiger partial charge in [0.1, 0.15) is 0 Å². The van der Waals surface area contributed by atoms with Gasteiger partial charge in [0.25, 0.3) is 0 Å². The Morgan fingerprint density at radius 2 is 2.00 bits per heavy atom. The van der Waals surface area contributed by atoms with Crippen LogP contribution in [0.5, 0.6) is 0 Å².